The molecule has 0 unspecified atom stereocenters. The second-order valence-electron chi connectivity index (χ2n) is 6.49. The number of nitrogens with zero attached hydrogens (tertiary/aromatic N) is 2. The third-order valence-electron chi connectivity index (χ3n) is 4.99. The molecule has 0 radical (unpaired) electrons. The highest BCUT2D eigenvalue weighted by atomic mass is 16.5. The average molecular weight is 298 g/mol. The van der Waals surface area contributed by atoms with Gasteiger partial charge in [-0.05, 0) is 37.5 Å². The lowest BCUT2D eigenvalue weighted by Gasteiger charge is -2.23. The van der Waals surface area contributed by atoms with Crippen LogP contribution in [0.4, 0.5) is 0 Å². The number of aromatic nitrogens is 2. The van der Waals surface area contributed by atoms with E-state index in [1.165, 1.54) is 43.2 Å². The number of fused-ring (bicyclic) bond motifs is 1. The molecule has 1 aromatic heterocycles. The highest BCUT2D eigenvalue weighted by Crippen LogP contribution is 2.36. The summed E-state index contributed by atoms with van der Waals surface area (Å²) in [7, 11) is 1.72. The van der Waals surface area contributed by atoms with Crippen molar-refractivity contribution >= 4 is 10.9 Å². The van der Waals surface area contributed by atoms with E-state index >= 15 is 0 Å². The van der Waals surface area contributed by atoms with Gasteiger partial charge in [-0.3, -0.25) is 0 Å². The topological polar surface area (TPSA) is 35.0 Å². The summed E-state index contributed by atoms with van der Waals surface area (Å²) in [5.74, 6) is 2.88. The van der Waals surface area contributed by atoms with Crippen LogP contribution in [0, 0.1) is 0 Å². The maximum Gasteiger partial charge on any atom is 0.132 e. The Bertz CT molecular complexity index is 647. The zero-order chi connectivity index (χ0) is 15.5. The predicted molar refractivity (Wildman–Crippen MR) is 90.6 cm³/mol. The fraction of sp³-hybridized carbons (Fsp3) is 0.579. The normalized spacial score (nSPS) is 17.6. The van der Waals surface area contributed by atoms with Crippen LogP contribution in [0.5, 0.6) is 5.75 Å². The first kappa shape index (κ1) is 15.3. The van der Waals surface area contributed by atoms with Crippen molar-refractivity contribution in [3.05, 3.63) is 29.7 Å². The van der Waals surface area contributed by atoms with E-state index in [0.717, 1.165) is 23.5 Å². The molecule has 1 saturated carbocycles. The molecular formula is C19H26N2O. The van der Waals surface area contributed by atoms with Gasteiger partial charge in [-0.15, -0.1) is 0 Å². The first-order valence-electron chi connectivity index (χ1n) is 8.58. The van der Waals surface area contributed by atoms with Crippen LogP contribution in [0.25, 0.3) is 10.9 Å². The van der Waals surface area contributed by atoms with E-state index < -0.39 is 0 Å². The molecule has 3 rings (SSSR count). The van der Waals surface area contributed by atoms with Crippen LogP contribution in [-0.4, -0.2) is 17.1 Å². The van der Waals surface area contributed by atoms with Crippen LogP contribution in [0.15, 0.2) is 18.2 Å². The highest BCUT2D eigenvalue weighted by molar-refractivity contribution is 5.83. The van der Waals surface area contributed by atoms with Gasteiger partial charge in [-0.2, -0.15) is 0 Å². The molecule has 1 atom stereocenters. The van der Waals surface area contributed by atoms with Gasteiger partial charge in [0.25, 0.3) is 0 Å². The Hall–Kier alpha value is -1.64. The number of rotatable bonds is 4. The van der Waals surface area contributed by atoms with E-state index in [0.29, 0.717) is 11.8 Å². The second-order valence-corrected chi connectivity index (χ2v) is 6.49. The zero-order valence-electron chi connectivity index (χ0n) is 13.9. The first-order chi connectivity index (χ1) is 10.7. The van der Waals surface area contributed by atoms with E-state index in [4.69, 9.17) is 14.7 Å². The molecule has 118 valence electrons. The van der Waals surface area contributed by atoms with Gasteiger partial charge >= 0.3 is 0 Å². The van der Waals surface area contributed by atoms with Crippen molar-refractivity contribution in [2.75, 3.05) is 7.11 Å². The SMILES string of the molecule is CC[C@H](C)c1nc(C2CCCCC2)c2cc(OC)ccc2n1. The molecular weight excluding hydrogens is 272 g/mol. The Kier molecular flexibility index (Phi) is 4.60. The minimum absolute atomic E-state index is 0.411. The van der Waals surface area contributed by atoms with E-state index in [1.807, 2.05) is 6.07 Å². The van der Waals surface area contributed by atoms with Gasteiger partial charge in [0.15, 0.2) is 0 Å². The van der Waals surface area contributed by atoms with Crippen LogP contribution in [0.3, 0.4) is 0 Å². The molecule has 1 fully saturated rings. The van der Waals surface area contributed by atoms with Gasteiger partial charge in [-0.1, -0.05) is 33.1 Å². The quantitative estimate of drug-likeness (QED) is 0.778. The van der Waals surface area contributed by atoms with Crippen LogP contribution in [0.1, 0.15) is 75.7 Å². The Balaban J connectivity index is 2.14. The molecule has 0 amide bonds. The van der Waals surface area contributed by atoms with Crippen molar-refractivity contribution in [3.8, 4) is 5.75 Å². The lowest BCUT2D eigenvalue weighted by molar-refractivity contribution is 0.415. The molecule has 0 bridgehead atoms. The largest absolute Gasteiger partial charge is 0.497 e. The van der Waals surface area contributed by atoms with E-state index in [-0.39, 0.29) is 0 Å². The summed E-state index contributed by atoms with van der Waals surface area (Å²) in [5, 5.41) is 1.18. The number of methoxy groups -OCH3 is 1. The average Bonchev–Trinajstić information content (AvgIpc) is 2.60. The second kappa shape index (κ2) is 6.64. The van der Waals surface area contributed by atoms with Gasteiger partial charge in [0, 0.05) is 17.2 Å². The van der Waals surface area contributed by atoms with Crippen molar-refractivity contribution in [2.24, 2.45) is 0 Å². The molecule has 1 heterocycles. The minimum Gasteiger partial charge on any atom is -0.497 e. The maximum absolute atomic E-state index is 5.41. The number of hydrogen-bond donors (Lipinski definition) is 0. The van der Waals surface area contributed by atoms with Gasteiger partial charge < -0.3 is 4.74 Å². The third kappa shape index (κ3) is 2.94. The highest BCUT2D eigenvalue weighted by Gasteiger charge is 2.22. The Labute approximate surface area is 133 Å². The molecule has 0 aliphatic heterocycles. The predicted octanol–water partition coefficient (Wildman–Crippen LogP) is 5.20. The van der Waals surface area contributed by atoms with E-state index in [1.54, 1.807) is 7.11 Å². The van der Waals surface area contributed by atoms with Crippen molar-refractivity contribution in [1.29, 1.82) is 0 Å². The van der Waals surface area contributed by atoms with Gasteiger partial charge in [0.2, 0.25) is 0 Å². The summed E-state index contributed by atoms with van der Waals surface area (Å²) >= 11 is 0. The summed E-state index contributed by atoms with van der Waals surface area (Å²) in [4.78, 5) is 9.81. The van der Waals surface area contributed by atoms with E-state index in [9.17, 15) is 0 Å². The monoisotopic (exact) mass is 298 g/mol. The van der Waals surface area contributed by atoms with Crippen LogP contribution < -0.4 is 4.74 Å². The zero-order valence-corrected chi connectivity index (χ0v) is 13.9. The molecule has 2 aromatic rings. The molecule has 1 aliphatic rings. The number of hydrogen-bond acceptors (Lipinski definition) is 3. The van der Waals surface area contributed by atoms with E-state index in [2.05, 4.69) is 26.0 Å². The van der Waals surface area contributed by atoms with Crippen molar-refractivity contribution in [2.45, 2.75) is 64.2 Å². The fourth-order valence-corrected chi connectivity index (χ4v) is 3.37. The maximum atomic E-state index is 5.41. The third-order valence-corrected chi connectivity index (χ3v) is 4.99. The first-order valence-corrected chi connectivity index (χ1v) is 8.58. The van der Waals surface area contributed by atoms with Crippen molar-refractivity contribution < 1.29 is 4.74 Å². The summed E-state index contributed by atoms with van der Waals surface area (Å²) in [6.45, 7) is 4.42. The number of ether oxygens (including phenoxy) is 1. The lowest BCUT2D eigenvalue weighted by Crippen LogP contribution is -2.11. The lowest BCUT2D eigenvalue weighted by atomic mass is 9.85. The number of benzene rings is 1. The van der Waals surface area contributed by atoms with Crippen LogP contribution >= 0.6 is 0 Å². The van der Waals surface area contributed by atoms with Gasteiger partial charge in [0.05, 0.1) is 18.3 Å². The standard InChI is InChI=1S/C19H26N2O/c1-4-13(2)19-20-17-11-10-15(22-3)12-16(17)18(21-19)14-8-6-5-7-9-14/h10-14H,4-9H2,1-3H3/t13-/m0/s1. The fourth-order valence-electron chi connectivity index (χ4n) is 3.37. The molecule has 0 saturated heterocycles. The summed E-state index contributed by atoms with van der Waals surface area (Å²) in [6.07, 6.45) is 7.58. The van der Waals surface area contributed by atoms with Crippen LogP contribution in [0.2, 0.25) is 0 Å². The molecule has 1 aliphatic carbocycles. The molecule has 0 spiro atoms. The summed E-state index contributed by atoms with van der Waals surface area (Å²) in [6, 6.07) is 6.19. The van der Waals surface area contributed by atoms with Gasteiger partial charge in [0.1, 0.15) is 11.6 Å². The van der Waals surface area contributed by atoms with Crippen molar-refractivity contribution in [1.82, 2.24) is 9.97 Å². The van der Waals surface area contributed by atoms with Crippen molar-refractivity contribution in [3.63, 3.8) is 0 Å². The molecule has 0 N–H and O–H groups in total. The molecule has 1 aromatic carbocycles. The summed E-state index contributed by atoms with van der Waals surface area (Å²) < 4.78 is 5.41. The smallest absolute Gasteiger partial charge is 0.132 e. The molecule has 22 heavy (non-hydrogen) atoms. The summed E-state index contributed by atoms with van der Waals surface area (Å²) in [5.41, 5.74) is 2.31. The minimum atomic E-state index is 0.411. The molecule has 3 heteroatoms. The Morgan fingerprint density at radius 2 is 1.95 bits per heavy atom. The molecule has 3 nitrogen and oxygen atoms in total. The van der Waals surface area contributed by atoms with Crippen LogP contribution in [-0.2, 0) is 0 Å². The van der Waals surface area contributed by atoms with Gasteiger partial charge in [-0.25, -0.2) is 9.97 Å². The Morgan fingerprint density at radius 1 is 1.18 bits per heavy atom. The Morgan fingerprint density at radius 3 is 2.64 bits per heavy atom.